The quantitative estimate of drug-likeness (QED) is 0.834. The molecule has 0 fully saturated rings. The lowest BCUT2D eigenvalue weighted by Crippen LogP contribution is -2.31. The number of amides is 1. The van der Waals surface area contributed by atoms with E-state index < -0.39 is 11.9 Å². The van der Waals surface area contributed by atoms with Crippen LogP contribution >= 0.6 is 0 Å². The fourth-order valence-electron chi connectivity index (χ4n) is 2.74. The van der Waals surface area contributed by atoms with E-state index in [2.05, 4.69) is 4.74 Å². The van der Waals surface area contributed by atoms with E-state index in [9.17, 15) is 13.6 Å². The molecule has 0 bridgehead atoms. The van der Waals surface area contributed by atoms with E-state index in [-0.39, 0.29) is 22.9 Å². The van der Waals surface area contributed by atoms with Crippen molar-refractivity contribution in [2.45, 2.75) is 13.0 Å². The Morgan fingerprint density at radius 3 is 2.70 bits per heavy atom. The minimum Gasteiger partial charge on any atom is -0.408 e. The topological polar surface area (TPSA) is 81.6 Å². The average molecular weight is 319 g/mol. The number of hydrogen-bond donors (Lipinski definition) is 2. The summed E-state index contributed by atoms with van der Waals surface area (Å²) in [5, 5.41) is 0. The highest BCUT2D eigenvalue weighted by Crippen LogP contribution is 2.34. The number of carbonyl (C=O) groups is 1. The SMILES string of the molecule is NC(=O)Oc1ccc(N2CCc3ccc(F)cc3C2)c(F)c1N. The summed E-state index contributed by atoms with van der Waals surface area (Å²) in [4.78, 5) is 12.5. The van der Waals surface area contributed by atoms with E-state index in [0.717, 1.165) is 11.1 Å². The molecule has 0 saturated heterocycles. The van der Waals surface area contributed by atoms with Gasteiger partial charge in [-0.1, -0.05) is 6.07 Å². The lowest BCUT2D eigenvalue weighted by molar-refractivity contribution is 0.211. The van der Waals surface area contributed by atoms with E-state index in [4.69, 9.17) is 11.5 Å². The fourth-order valence-corrected chi connectivity index (χ4v) is 2.74. The second kappa shape index (κ2) is 5.75. The van der Waals surface area contributed by atoms with Gasteiger partial charge in [-0.3, -0.25) is 0 Å². The molecule has 2 aromatic carbocycles. The van der Waals surface area contributed by atoms with Crippen molar-refractivity contribution in [2.24, 2.45) is 5.73 Å². The number of fused-ring (bicyclic) bond motifs is 1. The van der Waals surface area contributed by atoms with E-state index >= 15 is 0 Å². The van der Waals surface area contributed by atoms with Gasteiger partial charge >= 0.3 is 6.09 Å². The monoisotopic (exact) mass is 319 g/mol. The molecule has 0 saturated carbocycles. The summed E-state index contributed by atoms with van der Waals surface area (Å²) < 4.78 is 32.5. The fraction of sp³-hybridized carbons (Fsp3) is 0.188. The van der Waals surface area contributed by atoms with Crippen LogP contribution in [-0.2, 0) is 13.0 Å². The van der Waals surface area contributed by atoms with Crippen molar-refractivity contribution in [2.75, 3.05) is 17.2 Å². The minimum atomic E-state index is -1.06. The number of ether oxygens (including phenoxy) is 1. The second-order valence-electron chi connectivity index (χ2n) is 5.32. The van der Waals surface area contributed by atoms with Crippen molar-refractivity contribution >= 4 is 17.5 Å². The Labute approximate surface area is 131 Å². The van der Waals surface area contributed by atoms with Gasteiger partial charge in [0.05, 0.1) is 5.69 Å². The highest BCUT2D eigenvalue weighted by atomic mass is 19.1. The van der Waals surface area contributed by atoms with E-state index in [0.29, 0.717) is 19.5 Å². The van der Waals surface area contributed by atoms with Gasteiger partial charge in [0.15, 0.2) is 11.6 Å². The predicted octanol–water partition coefficient (Wildman–Crippen LogP) is 2.57. The molecule has 0 aliphatic carbocycles. The largest absolute Gasteiger partial charge is 0.410 e. The number of nitrogens with two attached hydrogens (primary N) is 2. The van der Waals surface area contributed by atoms with Crippen LogP contribution in [0.2, 0.25) is 0 Å². The zero-order valence-electron chi connectivity index (χ0n) is 12.2. The molecule has 1 aliphatic heterocycles. The zero-order chi connectivity index (χ0) is 16.6. The first-order valence-corrected chi connectivity index (χ1v) is 7.03. The molecule has 7 heteroatoms. The van der Waals surface area contributed by atoms with Gasteiger partial charge in [0.2, 0.25) is 0 Å². The Kier molecular flexibility index (Phi) is 3.77. The first-order valence-electron chi connectivity index (χ1n) is 7.03. The number of nitrogens with zero attached hydrogens (tertiary/aromatic N) is 1. The summed E-state index contributed by atoms with van der Waals surface area (Å²) in [5.74, 6) is -1.14. The van der Waals surface area contributed by atoms with E-state index in [1.165, 1.54) is 24.3 Å². The molecule has 120 valence electrons. The minimum absolute atomic E-state index is 0.123. The van der Waals surface area contributed by atoms with E-state index in [1.807, 2.05) is 0 Å². The third kappa shape index (κ3) is 2.90. The maximum absolute atomic E-state index is 14.5. The molecular formula is C16H15F2N3O2. The summed E-state index contributed by atoms with van der Waals surface area (Å²) in [6, 6.07) is 7.47. The van der Waals surface area contributed by atoms with Gasteiger partial charge in [-0.2, -0.15) is 0 Å². The van der Waals surface area contributed by atoms with Crippen molar-refractivity contribution < 1.29 is 18.3 Å². The van der Waals surface area contributed by atoms with Gasteiger partial charge in [0.1, 0.15) is 11.5 Å². The van der Waals surface area contributed by atoms with Crippen LogP contribution in [0.4, 0.5) is 25.0 Å². The first-order chi connectivity index (χ1) is 11.0. The molecule has 0 atom stereocenters. The molecule has 23 heavy (non-hydrogen) atoms. The zero-order valence-corrected chi connectivity index (χ0v) is 12.2. The third-order valence-corrected chi connectivity index (χ3v) is 3.85. The van der Waals surface area contributed by atoms with Crippen molar-refractivity contribution in [3.05, 3.63) is 53.1 Å². The smallest absolute Gasteiger partial charge is 0.408 e. The van der Waals surface area contributed by atoms with Crippen LogP contribution in [0.25, 0.3) is 0 Å². The van der Waals surface area contributed by atoms with Gasteiger partial charge in [-0.15, -0.1) is 0 Å². The summed E-state index contributed by atoms with van der Waals surface area (Å²) in [7, 11) is 0. The molecule has 1 aliphatic rings. The van der Waals surface area contributed by atoms with Crippen LogP contribution in [0.15, 0.2) is 30.3 Å². The molecule has 2 aromatic rings. The maximum atomic E-state index is 14.5. The normalized spacial score (nSPS) is 13.6. The van der Waals surface area contributed by atoms with Crippen LogP contribution in [0.5, 0.6) is 5.75 Å². The molecule has 4 N–H and O–H groups in total. The number of benzene rings is 2. The first kappa shape index (κ1) is 15.1. The molecule has 1 heterocycles. The highest BCUT2D eigenvalue weighted by Gasteiger charge is 2.22. The standard InChI is InChI=1S/C16H15F2N3O2/c17-11-2-1-9-5-6-21(8-10(9)7-11)12-3-4-13(23-16(20)22)15(19)14(12)18/h1-4,7H,5-6,8,19H2,(H2,20,22). The van der Waals surface area contributed by atoms with Crippen LogP contribution in [0.3, 0.4) is 0 Å². The molecule has 0 unspecified atom stereocenters. The number of halogens is 2. The van der Waals surface area contributed by atoms with Gasteiger partial charge in [0, 0.05) is 13.1 Å². The maximum Gasteiger partial charge on any atom is 0.410 e. The predicted molar refractivity (Wildman–Crippen MR) is 82.2 cm³/mol. The van der Waals surface area contributed by atoms with E-state index in [1.54, 1.807) is 11.0 Å². The average Bonchev–Trinajstić information content (AvgIpc) is 2.51. The second-order valence-corrected chi connectivity index (χ2v) is 5.32. The third-order valence-electron chi connectivity index (χ3n) is 3.85. The molecule has 1 amide bonds. The summed E-state index contributed by atoms with van der Waals surface area (Å²) in [5.41, 5.74) is 12.4. The highest BCUT2D eigenvalue weighted by molar-refractivity contribution is 5.73. The molecule has 3 rings (SSSR count). The molecule has 0 spiro atoms. The number of nitrogen functional groups attached to an aromatic ring is 1. The molecule has 0 radical (unpaired) electrons. The van der Waals surface area contributed by atoms with Crippen LogP contribution in [0, 0.1) is 11.6 Å². The Bertz CT molecular complexity index is 780. The van der Waals surface area contributed by atoms with Gasteiger partial charge < -0.3 is 21.1 Å². The molecule has 0 aromatic heterocycles. The van der Waals surface area contributed by atoms with Crippen LogP contribution < -0.4 is 21.1 Å². The van der Waals surface area contributed by atoms with Crippen molar-refractivity contribution in [1.29, 1.82) is 0 Å². The van der Waals surface area contributed by atoms with Gasteiger partial charge in [-0.25, -0.2) is 13.6 Å². The summed E-state index contributed by atoms with van der Waals surface area (Å²) in [6.45, 7) is 0.949. The lowest BCUT2D eigenvalue weighted by atomic mass is 9.99. The van der Waals surface area contributed by atoms with Gasteiger partial charge in [0.25, 0.3) is 0 Å². The van der Waals surface area contributed by atoms with Crippen molar-refractivity contribution in [1.82, 2.24) is 0 Å². The van der Waals surface area contributed by atoms with Gasteiger partial charge in [-0.05, 0) is 41.8 Å². The number of rotatable bonds is 2. The molecular weight excluding hydrogens is 304 g/mol. The Morgan fingerprint density at radius 1 is 1.17 bits per heavy atom. The Morgan fingerprint density at radius 2 is 1.96 bits per heavy atom. The number of anilines is 2. The van der Waals surface area contributed by atoms with Crippen LogP contribution in [-0.4, -0.2) is 12.6 Å². The number of primary amides is 1. The van der Waals surface area contributed by atoms with Crippen molar-refractivity contribution in [3.63, 3.8) is 0 Å². The number of hydrogen-bond acceptors (Lipinski definition) is 4. The number of carbonyl (C=O) groups excluding carboxylic acids is 1. The van der Waals surface area contributed by atoms with Crippen LogP contribution in [0.1, 0.15) is 11.1 Å². The summed E-state index contributed by atoms with van der Waals surface area (Å²) in [6.07, 6.45) is -0.389. The van der Waals surface area contributed by atoms with Crippen molar-refractivity contribution in [3.8, 4) is 5.75 Å². The lowest BCUT2D eigenvalue weighted by Gasteiger charge is -2.31. The Hall–Kier alpha value is -2.83. The Balaban J connectivity index is 1.91. The molecule has 5 nitrogen and oxygen atoms in total. The summed E-state index contributed by atoms with van der Waals surface area (Å²) >= 11 is 0.